The summed E-state index contributed by atoms with van der Waals surface area (Å²) in [6.07, 6.45) is 0. The van der Waals surface area contributed by atoms with Gasteiger partial charge in [-0.05, 0) is 0 Å². The normalized spacial score (nSPS) is 8.18. The standard InChI is InChI=1S/C5H5ClN2O3/c1-11-5(10)4(8-7)3(9)2-6/h2H2,1H3. The highest BCUT2D eigenvalue weighted by atomic mass is 35.5. The summed E-state index contributed by atoms with van der Waals surface area (Å²) in [6.45, 7) is 0. The number of rotatable bonds is 3. The highest BCUT2D eigenvalue weighted by molar-refractivity contribution is 6.65. The molecular weight excluding hydrogens is 172 g/mol. The van der Waals surface area contributed by atoms with Crippen LogP contribution in [0.3, 0.4) is 0 Å². The van der Waals surface area contributed by atoms with Crippen LogP contribution in [0.15, 0.2) is 0 Å². The molecule has 0 unspecified atom stereocenters. The first-order valence-corrected chi connectivity index (χ1v) is 3.10. The molecule has 0 aromatic rings. The Morgan fingerprint density at radius 2 is 2.18 bits per heavy atom. The van der Waals surface area contributed by atoms with Gasteiger partial charge >= 0.3 is 11.7 Å². The van der Waals surface area contributed by atoms with Gasteiger partial charge in [-0.2, -0.15) is 4.79 Å². The lowest BCUT2D eigenvalue weighted by Gasteiger charge is -1.88. The van der Waals surface area contributed by atoms with Gasteiger partial charge in [0.2, 0.25) is 0 Å². The maximum Gasteiger partial charge on any atom is 0.442 e. The van der Waals surface area contributed by atoms with E-state index in [-0.39, 0.29) is 0 Å². The monoisotopic (exact) mass is 176 g/mol. The van der Waals surface area contributed by atoms with Gasteiger partial charge in [-0.15, -0.1) is 11.6 Å². The second-order valence-electron chi connectivity index (χ2n) is 1.50. The van der Waals surface area contributed by atoms with E-state index in [4.69, 9.17) is 17.1 Å². The second kappa shape index (κ2) is 4.60. The SMILES string of the molecule is COC(=O)C(=[N+]=[N-])C(=O)CCl. The molecule has 11 heavy (non-hydrogen) atoms. The van der Waals surface area contributed by atoms with E-state index in [1.807, 2.05) is 0 Å². The lowest BCUT2D eigenvalue weighted by molar-refractivity contribution is -0.139. The maximum absolute atomic E-state index is 10.6. The summed E-state index contributed by atoms with van der Waals surface area (Å²) in [7, 11) is 1.06. The van der Waals surface area contributed by atoms with E-state index in [9.17, 15) is 9.59 Å². The predicted molar refractivity (Wildman–Crippen MR) is 36.4 cm³/mol. The summed E-state index contributed by atoms with van der Waals surface area (Å²) in [6, 6.07) is 0. The van der Waals surface area contributed by atoms with Gasteiger partial charge < -0.3 is 10.3 Å². The second-order valence-corrected chi connectivity index (χ2v) is 1.76. The summed E-state index contributed by atoms with van der Waals surface area (Å²) in [4.78, 5) is 23.6. The molecule has 0 N–H and O–H groups in total. The van der Waals surface area contributed by atoms with Crippen LogP contribution in [0, 0.1) is 0 Å². The molecule has 0 heterocycles. The molecule has 0 bridgehead atoms. The van der Waals surface area contributed by atoms with Crippen molar-refractivity contribution >= 4 is 29.1 Å². The zero-order valence-electron chi connectivity index (χ0n) is 5.70. The molecule has 0 aromatic carbocycles. The average Bonchev–Trinajstić information content (AvgIpc) is 2.05. The van der Waals surface area contributed by atoms with E-state index < -0.39 is 23.3 Å². The number of ether oxygens (including phenoxy) is 1. The fourth-order valence-corrected chi connectivity index (χ4v) is 0.497. The van der Waals surface area contributed by atoms with Crippen LogP contribution in [0.4, 0.5) is 0 Å². The number of carbonyl (C=O) groups excluding carboxylic acids is 2. The van der Waals surface area contributed by atoms with E-state index >= 15 is 0 Å². The molecule has 0 spiro atoms. The van der Waals surface area contributed by atoms with Crippen LogP contribution in [0.2, 0.25) is 0 Å². The molecule has 60 valence electrons. The minimum atomic E-state index is -1.00. The third-order valence-electron chi connectivity index (χ3n) is 0.864. The number of methoxy groups -OCH3 is 1. The number of carbonyl (C=O) groups is 2. The van der Waals surface area contributed by atoms with Gasteiger partial charge in [0.25, 0.3) is 5.78 Å². The van der Waals surface area contributed by atoms with Crippen molar-refractivity contribution in [3.05, 3.63) is 5.53 Å². The molecule has 0 saturated heterocycles. The molecule has 0 aliphatic carbocycles. The van der Waals surface area contributed by atoms with Crippen molar-refractivity contribution in [3.8, 4) is 0 Å². The number of ketones is 1. The van der Waals surface area contributed by atoms with Gasteiger partial charge in [0.05, 0.1) is 13.0 Å². The van der Waals surface area contributed by atoms with Crippen LogP contribution in [0.25, 0.3) is 5.53 Å². The first kappa shape index (κ1) is 9.81. The molecule has 0 rings (SSSR count). The van der Waals surface area contributed by atoms with Crippen LogP contribution < -0.4 is 0 Å². The lowest BCUT2D eigenvalue weighted by Crippen LogP contribution is -2.27. The fraction of sp³-hybridized carbons (Fsp3) is 0.400. The van der Waals surface area contributed by atoms with Gasteiger partial charge in [0.15, 0.2) is 0 Å². The van der Waals surface area contributed by atoms with Crippen molar-refractivity contribution in [1.82, 2.24) is 0 Å². The number of nitrogens with zero attached hydrogens (tertiary/aromatic N) is 2. The Kier molecular flexibility index (Phi) is 4.10. The number of esters is 1. The highest BCUT2D eigenvalue weighted by Crippen LogP contribution is 1.84. The van der Waals surface area contributed by atoms with Crippen molar-refractivity contribution in [1.29, 1.82) is 0 Å². The van der Waals surface area contributed by atoms with Crippen LogP contribution >= 0.6 is 11.6 Å². The summed E-state index contributed by atoms with van der Waals surface area (Å²) in [5.41, 5.74) is 7.44. The van der Waals surface area contributed by atoms with E-state index in [1.165, 1.54) is 0 Å². The number of Topliss-reactive ketones (excluding diaryl/α,β-unsaturated/α-hetero) is 1. The molecule has 0 fully saturated rings. The van der Waals surface area contributed by atoms with E-state index in [0.717, 1.165) is 7.11 Å². The van der Waals surface area contributed by atoms with E-state index in [0.29, 0.717) is 0 Å². The van der Waals surface area contributed by atoms with Crippen molar-refractivity contribution in [2.45, 2.75) is 0 Å². The Morgan fingerprint density at radius 1 is 1.64 bits per heavy atom. The number of hydrogen-bond acceptors (Lipinski definition) is 3. The quantitative estimate of drug-likeness (QED) is 0.147. The van der Waals surface area contributed by atoms with E-state index in [2.05, 4.69) is 9.53 Å². The molecule has 0 aliphatic rings. The lowest BCUT2D eigenvalue weighted by atomic mass is 10.3. The zero-order chi connectivity index (χ0) is 8.85. The van der Waals surface area contributed by atoms with Crippen LogP contribution in [-0.4, -0.2) is 35.2 Å². The third-order valence-corrected chi connectivity index (χ3v) is 1.11. The van der Waals surface area contributed by atoms with E-state index in [1.54, 1.807) is 0 Å². The minimum absolute atomic E-state index is 0.422. The van der Waals surface area contributed by atoms with Crippen molar-refractivity contribution in [2.75, 3.05) is 13.0 Å². The van der Waals surface area contributed by atoms with Gasteiger partial charge in [0.1, 0.15) is 0 Å². The van der Waals surface area contributed by atoms with Gasteiger partial charge in [-0.3, -0.25) is 4.79 Å². The largest absolute Gasteiger partial charge is 0.460 e. The highest BCUT2D eigenvalue weighted by Gasteiger charge is 2.29. The first-order valence-electron chi connectivity index (χ1n) is 2.57. The molecule has 0 saturated carbocycles. The van der Waals surface area contributed by atoms with Crippen LogP contribution in [-0.2, 0) is 14.3 Å². The summed E-state index contributed by atoms with van der Waals surface area (Å²) < 4.78 is 4.12. The van der Waals surface area contributed by atoms with Crippen LogP contribution in [0.1, 0.15) is 0 Å². The summed E-state index contributed by atoms with van der Waals surface area (Å²) >= 11 is 5.08. The maximum atomic E-state index is 10.6. The predicted octanol–water partition coefficient (Wildman–Crippen LogP) is -0.362. The molecule has 5 nitrogen and oxygen atoms in total. The smallest absolute Gasteiger partial charge is 0.442 e. The van der Waals surface area contributed by atoms with Gasteiger partial charge in [0, 0.05) is 0 Å². The first-order chi connectivity index (χ1) is 5.17. The minimum Gasteiger partial charge on any atom is -0.460 e. The zero-order valence-corrected chi connectivity index (χ0v) is 6.46. The molecule has 0 aromatic heterocycles. The van der Waals surface area contributed by atoms with Crippen molar-refractivity contribution < 1.29 is 19.1 Å². The molecule has 6 heteroatoms. The molecule has 0 amide bonds. The Bertz CT molecular complexity index is 214. The molecule has 0 aliphatic heterocycles. The van der Waals surface area contributed by atoms with Crippen molar-refractivity contribution in [3.63, 3.8) is 0 Å². The fourth-order valence-electron chi connectivity index (χ4n) is 0.370. The number of alkyl halides is 1. The topological polar surface area (TPSA) is 79.8 Å². The Morgan fingerprint density at radius 3 is 2.45 bits per heavy atom. The average molecular weight is 177 g/mol. The number of hydrogen-bond donors (Lipinski definition) is 0. The Hall–Kier alpha value is -1.19. The number of halogens is 1. The van der Waals surface area contributed by atoms with Gasteiger partial charge in [-0.25, -0.2) is 4.79 Å². The Labute approximate surface area is 67.5 Å². The summed E-state index contributed by atoms with van der Waals surface area (Å²) in [5.74, 6) is -2.20. The Balaban J connectivity index is 4.57. The summed E-state index contributed by atoms with van der Waals surface area (Å²) in [5, 5.41) is 0. The third kappa shape index (κ3) is 2.49. The molecular formula is C5H5ClN2O3. The molecule has 0 atom stereocenters. The molecule has 0 radical (unpaired) electrons. The van der Waals surface area contributed by atoms with Gasteiger partial charge in [-0.1, -0.05) is 0 Å². The van der Waals surface area contributed by atoms with Crippen LogP contribution in [0.5, 0.6) is 0 Å². The van der Waals surface area contributed by atoms with Crippen molar-refractivity contribution in [2.24, 2.45) is 0 Å².